The fraction of sp³-hybridized carbons (Fsp3) is 0.211. The van der Waals surface area contributed by atoms with Gasteiger partial charge in [0.05, 0.1) is 20.2 Å². The van der Waals surface area contributed by atoms with E-state index in [1.165, 1.54) is 0 Å². The highest BCUT2D eigenvalue weighted by atomic mass is 16.5. The zero-order valence-electron chi connectivity index (χ0n) is 14.3. The summed E-state index contributed by atoms with van der Waals surface area (Å²) in [6.07, 6.45) is 0. The summed E-state index contributed by atoms with van der Waals surface area (Å²) in [6, 6.07) is 13.9. The highest BCUT2D eigenvalue weighted by Gasteiger charge is 2.28. The lowest BCUT2D eigenvalue weighted by atomic mass is 10.1. The number of urea groups is 1. The van der Waals surface area contributed by atoms with E-state index in [9.17, 15) is 14.4 Å². The van der Waals surface area contributed by atoms with Gasteiger partial charge in [-0.3, -0.25) is 14.5 Å². The van der Waals surface area contributed by atoms with Gasteiger partial charge >= 0.3 is 6.03 Å². The predicted octanol–water partition coefficient (Wildman–Crippen LogP) is 1.68. The summed E-state index contributed by atoms with van der Waals surface area (Å²) in [5.74, 6) is 0.319. The number of methoxy groups -OCH3 is 1. The van der Waals surface area contributed by atoms with Crippen molar-refractivity contribution >= 4 is 17.8 Å². The summed E-state index contributed by atoms with van der Waals surface area (Å²) in [6.45, 7) is 0.635. The van der Waals surface area contributed by atoms with E-state index in [2.05, 4.69) is 10.6 Å². The minimum absolute atomic E-state index is 0.0324. The molecular formula is C19H19N3O4. The van der Waals surface area contributed by atoms with Crippen LogP contribution in [0.5, 0.6) is 5.75 Å². The number of carbonyl (C=O) groups is 3. The number of imide groups is 1. The number of hydrogen-bond acceptors (Lipinski definition) is 4. The first-order chi connectivity index (χ1) is 12.6. The molecule has 1 heterocycles. The van der Waals surface area contributed by atoms with E-state index < -0.39 is 6.03 Å². The van der Waals surface area contributed by atoms with Gasteiger partial charge in [-0.25, -0.2) is 4.79 Å². The molecule has 0 unspecified atom stereocenters. The largest absolute Gasteiger partial charge is 0.497 e. The van der Waals surface area contributed by atoms with Gasteiger partial charge < -0.3 is 15.4 Å². The average molecular weight is 353 g/mol. The lowest BCUT2D eigenvalue weighted by Gasteiger charge is -2.12. The summed E-state index contributed by atoms with van der Waals surface area (Å²) in [5, 5.41) is 5.33. The van der Waals surface area contributed by atoms with Crippen LogP contribution in [0.3, 0.4) is 0 Å². The Morgan fingerprint density at radius 2 is 1.73 bits per heavy atom. The van der Waals surface area contributed by atoms with Gasteiger partial charge in [0.1, 0.15) is 5.75 Å². The monoisotopic (exact) mass is 353 g/mol. The molecule has 0 radical (unpaired) electrons. The Bertz CT molecular complexity index is 800. The summed E-state index contributed by atoms with van der Waals surface area (Å²) >= 11 is 0. The van der Waals surface area contributed by atoms with Crippen LogP contribution in [0.2, 0.25) is 0 Å². The van der Waals surface area contributed by atoms with Crippen LogP contribution >= 0.6 is 0 Å². The van der Waals surface area contributed by atoms with Crippen molar-refractivity contribution in [1.29, 1.82) is 0 Å². The summed E-state index contributed by atoms with van der Waals surface area (Å²) < 4.78 is 5.10. The van der Waals surface area contributed by atoms with Crippen LogP contribution in [0.25, 0.3) is 0 Å². The Hall–Kier alpha value is -3.35. The quantitative estimate of drug-likeness (QED) is 0.774. The molecule has 1 aliphatic rings. The molecule has 1 saturated heterocycles. The molecule has 0 atom stereocenters. The summed E-state index contributed by atoms with van der Waals surface area (Å²) in [4.78, 5) is 36.5. The third-order valence-corrected chi connectivity index (χ3v) is 4.11. The molecule has 0 saturated carbocycles. The molecule has 7 heteroatoms. The van der Waals surface area contributed by atoms with Crippen molar-refractivity contribution in [3.8, 4) is 5.75 Å². The van der Waals surface area contributed by atoms with Crippen molar-refractivity contribution in [3.63, 3.8) is 0 Å². The number of amides is 4. The first-order valence-corrected chi connectivity index (χ1v) is 8.15. The van der Waals surface area contributed by atoms with E-state index in [0.717, 1.165) is 21.8 Å². The summed E-state index contributed by atoms with van der Waals surface area (Å²) in [5.41, 5.74) is 2.26. The molecule has 2 aromatic carbocycles. The van der Waals surface area contributed by atoms with E-state index in [1.54, 1.807) is 31.4 Å². The number of nitrogens with zero attached hydrogens (tertiary/aromatic N) is 1. The fourth-order valence-corrected chi connectivity index (χ4v) is 2.59. The lowest BCUT2D eigenvalue weighted by molar-refractivity contribution is -0.125. The van der Waals surface area contributed by atoms with Crippen LogP contribution in [0.4, 0.5) is 4.79 Å². The Kier molecular flexibility index (Phi) is 5.17. The highest BCUT2D eigenvalue weighted by Crippen LogP contribution is 2.12. The van der Waals surface area contributed by atoms with Crippen LogP contribution in [-0.2, 0) is 17.9 Å². The Balaban J connectivity index is 1.56. The van der Waals surface area contributed by atoms with Gasteiger partial charge in [0, 0.05) is 12.1 Å². The van der Waals surface area contributed by atoms with Crippen molar-refractivity contribution in [2.75, 3.05) is 13.7 Å². The van der Waals surface area contributed by atoms with Crippen LogP contribution in [0.15, 0.2) is 48.5 Å². The third kappa shape index (κ3) is 4.00. The van der Waals surface area contributed by atoms with Gasteiger partial charge in [0.25, 0.3) is 5.91 Å². The molecule has 134 valence electrons. The second kappa shape index (κ2) is 7.69. The van der Waals surface area contributed by atoms with Gasteiger partial charge in [0.2, 0.25) is 5.91 Å². The highest BCUT2D eigenvalue weighted by molar-refractivity contribution is 6.01. The fourth-order valence-electron chi connectivity index (χ4n) is 2.59. The molecule has 0 aromatic heterocycles. The SMILES string of the molecule is COc1ccc(CNC(=O)c2ccc(CN3C(=O)CNC3=O)cc2)cc1. The van der Waals surface area contributed by atoms with Crippen LogP contribution < -0.4 is 15.4 Å². The average Bonchev–Trinajstić information content (AvgIpc) is 2.99. The maximum absolute atomic E-state index is 12.2. The zero-order chi connectivity index (χ0) is 18.5. The third-order valence-electron chi connectivity index (χ3n) is 4.11. The maximum atomic E-state index is 12.2. The number of rotatable bonds is 6. The normalized spacial score (nSPS) is 13.5. The minimum Gasteiger partial charge on any atom is -0.497 e. The van der Waals surface area contributed by atoms with E-state index in [1.807, 2.05) is 24.3 Å². The van der Waals surface area contributed by atoms with Gasteiger partial charge in [-0.15, -0.1) is 0 Å². The minimum atomic E-state index is -0.392. The standard InChI is InChI=1S/C19H19N3O4/c1-26-16-8-4-13(5-9-16)10-20-18(24)15-6-2-14(3-7-15)12-22-17(23)11-21-19(22)25/h2-9H,10-12H2,1H3,(H,20,24)(H,21,25). The molecular weight excluding hydrogens is 334 g/mol. The smallest absolute Gasteiger partial charge is 0.324 e. The molecule has 7 nitrogen and oxygen atoms in total. The second-order valence-electron chi connectivity index (χ2n) is 5.87. The Labute approximate surface area is 150 Å². The molecule has 2 N–H and O–H groups in total. The first kappa shape index (κ1) is 17.5. The number of benzene rings is 2. The van der Waals surface area contributed by atoms with Gasteiger partial charge in [-0.2, -0.15) is 0 Å². The lowest BCUT2D eigenvalue weighted by Crippen LogP contribution is -2.30. The summed E-state index contributed by atoms with van der Waals surface area (Å²) in [7, 11) is 1.60. The molecule has 1 aliphatic heterocycles. The van der Waals surface area contributed by atoms with Crippen molar-refractivity contribution in [3.05, 3.63) is 65.2 Å². The zero-order valence-corrected chi connectivity index (χ0v) is 14.3. The van der Waals surface area contributed by atoms with Crippen molar-refractivity contribution < 1.29 is 19.1 Å². The molecule has 0 spiro atoms. The molecule has 26 heavy (non-hydrogen) atoms. The molecule has 0 aliphatic carbocycles. The Morgan fingerprint density at radius 3 is 2.31 bits per heavy atom. The molecule has 2 aromatic rings. The number of nitrogens with one attached hydrogen (secondary N) is 2. The first-order valence-electron chi connectivity index (χ1n) is 8.15. The van der Waals surface area contributed by atoms with E-state index in [4.69, 9.17) is 4.74 Å². The van der Waals surface area contributed by atoms with Gasteiger partial charge in [-0.1, -0.05) is 24.3 Å². The van der Waals surface area contributed by atoms with Crippen molar-refractivity contribution in [2.45, 2.75) is 13.1 Å². The van der Waals surface area contributed by atoms with Crippen LogP contribution in [0, 0.1) is 0 Å². The van der Waals surface area contributed by atoms with Crippen molar-refractivity contribution in [2.24, 2.45) is 0 Å². The number of ether oxygens (including phenoxy) is 1. The van der Waals surface area contributed by atoms with Crippen LogP contribution in [0.1, 0.15) is 21.5 Å². The maximum Gasteiger partial charge on any atom is 0.324 e. The predicted molar refractivity (Wildman–Crippen MR) is 94.6 cm³/mol. The van der Waals surface area contributed by atoms with E-state index in [-0.39, 0.29) is 24.9 Å². The topological polar surface area (TPSA) is 87.7 Å². The molecule has 3 rings (SSSR count). The van der Waals surface area contributed by atoms with Crippen LogP contribution in [-0.4, -0.2) is 36.4 Å². The molecule has 4 amide bonds. The van der Waals surface area contributed by atoms with Gasteiger partial charge in [-0.05, 0) is 35.4 Å². The second-order valence-corrected chi connectivity index (χ2v) is 5.87. The Morgan fingerprint density at radius 1 is 1.08 bits per heavy atom. The van der Waals surface area contributed by atoms with E-state index in [0.29, 0.717) is 12.1 Å². The number of carbonyl (C=O) groups excluding carboxylic acids is 3. The van der Waals surface area contributed by atoms with Gasteiger partial charge in [0.15, 0.2) is 0 Å². The number of hydrogen-bond donors (Lipinski definition) is 2. The van der Waals surface area contributed by atoms with E-state index >= 15 is 0 Å². The molecule has 0 bridgehead atoms. The van der Waals surface area contributed by atoms with Crippen molar-refractivity contribution in [1.82, 2.24) is 15.5 Å². The molecule has 1 fully saturated rings.